The van der Waals surface area contributed by atoms with Crippen LogP contribution in [0.5, 0.6) is 0 Å². The van der Waals surface area contributed by atoms with Gasteiger partial charge in [-0.05, 0) is 12.1 Å². The minimum Gasteiger partial charge on any atom is -0.355 e. The predicted octanol–water partition coefficient (Wildman–Crippen LogP) is -0.0992. The van der Waals surface area contributed by atoms with Gasteiger partial charge in [0, 0.05) is 5.69 Å². The van der Waals surface area contributed by atoms with E-state index in [1.165, 1.54) is 24.3 Å². The molecule has 0 radical (unpaired) electrons. The summed E-state index contributed by atoms with van der Waals surface area (Å²) >= 11 is 0. The van der Waals surface area contributed by atoms with E-state index in [1.807, 2.05) is 5.32 Å². The number of nitro groups is 3. The Labute approximate surface area is 104 Å². The molecule has 0 aromatic heterocycles. The topological polar surface area (TPSA) is 162 Å². The summed E-state index contributed by atoms with van der Waals surface area (Å²) in [6.45, 7) is 0. The fourth-order valence-corrected chi connectivity index (χ4v) is 1.29. The van der Waals surface area contributed by atoms with Crippen molar-refractivity contribution in [2.24, 2.45) is 0 Å². The lowest BCUT2D eigenvalue weighted by molar-refractivity contribution is -0.976. The second-order valence-corrected chi connectivity index (χ2v) is 3.37. The molecular formula is C8H8N4O7. The lowest BCUT2D eigenvalue weighted by Crippen LogP contribution is -2.63. The number of hydrogen-bond acceptors (Lipinski definition) is 8. The summed E-state index contributed by atoms with van der Waals surface area (Å²) in [6, 6.07) is 7.18. The summed E-state index contributed by atoms with van der Waals surface area (Å²) in [5.41, 5.74) is 0.0601. The molecule has 0 saturated heterocycles. The quantitative estimate of drug-likeness (QED) is 0.412. The number of aliphatic hydroxyl groups excluding tert-OH is 1. The first-order valence-corrected chi connectivity index (χ1v) is 4.76. The third kappa shape index (κ3) is 2.40. The third-order valence-electron chi connectivity index (χ3n) is 2.25. The van der Waals surface area contributed by atoms with E-state index in [1.54, 1.807) is 6.07 Å². The molecule has 0 aliphatic carbocycles. The Kier molecular flexibility index (Phi) is 3.91. The Balaban J connectivity index is 3.15. The van der Waals surface area contributed by atoms with E-state index < -0.39 is 26.8 Å². The number of para-hydroxylation sites is 1. The number of nitrogens with one attached hydrogen (secondary N) is 1. The summed E-state index contributed by atoms with van der Waals surface area (Å²) in [4.78, 5) is 26.7. The normalized spacial score (nSPS) is 12.5. The number of benzene rings is 1. The molecule has 0 fully saturated rings. The molecule has 1 rings (SSSR count). The molecular weight excluding hydrogens is 264 g/mol. The molecule has 0 bridgehead atoms. The average Bonchev–Trinajstić information content (AvgIpc) is 2.29. The summed E-state index contributed by atoms with van der Waals surface area (Å²) in [6.07, 6.45) is -2.64. The van der Waals surface area contributed by atoms with Gasteiger partial charge in [-0.3, -0.25) is 30.3 Å². The minimum atomic E-state index is -3.98. The standard InChI is InChI=1S/C8H8N4O7/c13-7(9-6-4-2-1-3-5-6)8(10(14)15,11(16)17)12(18)19/h1-5,7,9,13H. The molecule has 0 aliphatic heterocycles. The molecule has 1 unspecified atom stereocenters. The van der Waals surface area contributed by atoms with Gasteiger partial charge < -0.3 is 10.4 Å². The van der Waals surface area contributed by atoms with Gasteiger partial charge in [-0.15, -0.1) is 0 Å². The maximum absolute atomic E-state index is 10.7. The second kappa shape index (κ2) is 5.22. The van der Waals surface area contributed by atoms with E-state index >= 15 is 0 Å². The van der Waals surface area contributed by atoms with Crippen LogP contribution in [0.1, 0.15) is 0 Å². The van der Waals surface area contributed by atoms with Crippen LogP contribution in [0.15, 0.2) is 30.3 Å². The van der Waals surface area contributed by atoms with Crippen molar-refractivity contribution in [2.45, 2.75) is 12.0 Å². The Bertz CT molecular complexity index is 469. The number of anilines is 1. The van der Waals surface area contributed by atoms with Crippen LogP contribution in [0, 0.1) is 30.3 Å². The van der Waals surface area contributed by atoms with Gasteiger partial charge in [-0.2, -0.15) is 0 Å². The first-order chi connectivity index (χ1) is 8.83. The summed E-state index contributed by atoms with van der Waals surface area (Å²) in [5.74, 6) is -3.98. The van der Waals surface area contributed by atoms with E-state index in [0.29, 0.717) is 0 Å². The van der Waals surface area contributed by atoms with Gasteiger partial charge in [0.2, 0.25) is 0 Å². The van der Waals surface area contributed by atoms with Crippen LogP contribution in [-0.2, 0) is 0 Å². The maximum Gasteiger partial charge on any atom is 0.744 e. The van der Waals surface area contributed by atoms with Gasteiger partial charge in [-0.25, -0.2) is 0 Å². The molecule has 1 aromatic rings. The molecule has 11 nitrogen and oxygen atoms in total. The minimum absolute atomic E-state index is 0.0601. The number of nitrogens with zero attached hydrogens (tertiary/aromatic N) is 3. The molecule has 102 valence electrons. The zero-order valence-electron chi connectivity index (χ0n) is 9.20. The van der Waals surface area contributed by atoms with Gasteiger partial charge in [0.1, 0.15) is 0 Å². The summed E-state index contributed by atoms with van der Waals surface area (Å²) in [5, 5.41) is 43.4. The average molecular weight is 272 g/mol. The number of aliphatic hydroxyl groups is 1. The highest BCUT2D eigenvalue weighted by molar-refractivity contribution is 5.43. The highest BCUT2D eigenvalue weighted by atomic mass is 16.7. The van der Waals surface area contributed by atoms with E-state index in [0.717, 1.165) is 0 Å². The van der Waals surface area contributed by atoms with Crippen molar-refractivity contribution < 1.29 is 19.9 Å². The summed E-state index contributed by atoms with van der Waals surface area (Å²) in [7, 11) is 0. The van der Waals surface area contributed by atoms with Crippen LogP contribution < -0.4 is 5.32 Å². The molecule has 0 saturated carbocycles. The van der Waals surface area contributed by atoms with Gasteiger partial charge >= 0.3 is 12.0 Å². The molecule has 1 atom stereocenters. The van der Waals surface area contributed by atoms with Crippen LogP contribution in [-0.4, -0.2) is 31.9 Å². The number of rotatable bonds is 6. The van der Waals surface area contributed by atoms with Gasteiger partial charge in [0.15, 0.2) is 14.8 Å². The Hall–Kier alpha value is -2.82. The Morgan fingerprint density at radius 1 is 1.00 bits per heavy atom. The van der Waals surface area contributed by atoms with Crippen molar-refractivity contribution in [3.05, 3.63) is 60.7 Å². The number of hydrogen-bond donors (Lipinski definition) is 2. The molecule has 0 aliphatic rings. The molecule has 19 heavy (non-hydrogen) atoms. The highest BCUT2D eigenvalue weighted by Crippen LogP contribution is 2.20. The summed E-state index contributed by atoms with van der Waals surface area (Å²) < 4.78 is 0. The molecule has 0 spiro atoms. The van der Waals surface area contributed by atoms with Gasteiger partial charge in [0.05, 0.1) is 0 Å². The molecule has 2 N–H and O–H groups in total. The monoisotopic (exact) mass is 272 g/mol. The largest absolute Gasteiger partial charge is 0.744 e. The second-order valence-electron chi connectivity index (χ2n) is 3.37. The van der Waals surface area contributed by atoms with Gasteiger partial charge in [0.25, 0.3) is 0 Å². The fraction of sp³-hybridized carbons (Fsp3) is 0.250. The zero-order chi connectivity index (χ0) is 14.6. The van der Waals surface area contributed by atoms with Crippen molar-refractivity contribution in [3.63, 3.8) is 0 Å². The highest BCUT2D eigenvalue weighted by Gasteiger charge is 2.77. The molecule has 0 heterocycles. The smallest absolute Gasteiger partial charge is 0.355 e. The first kappa shape index (κ1) is 14.2. The van der Waals surface area contributed by atoms with Crippen LogP contribution in [0.4, 0.5) is 5.69 Å². The fourth-order valence-electron chi connectivity index (χ4n) is 1.29. The van der Waals surface area contributed by atoms with Crippen molar-refractivity contribution >= 4 is 5.69 Å². The van der Waals surface area contributed by atoms with E-state index in [-0.39, 0.29) is 5.69 Å². The van der Waals surface area contributed by atoms with E-state index in [9.17, 15) is 35.4 Å². The van der Waals surface area contributed by atoms with Crippen LogP contribution in [0.2, 0.25) is 0 Å². The lowest BCUT2D eigenvalue weighted by Gasteiger charge is -2.15. The van der Waals surface area contributed by atoms with Crippen LogP contribution >= 0.6 is 0 Å². The SMILES string of the molecule is O=[N+]([O-])C(C(O)Nc1ccccc1)([N+](=O)[O-])[N+](=O)[O-]. The molecule has 0 amide bonds. The third-order valence-corrected chi connectivity index (χ3v) is 2.25. The maximum atomic E-state index is 10.7. The molecule has 11 heteroatoms. The Morgan fingerprint density at radius 2 is 1.42 bits per heavy atom. The van der Waals surface area contributed by atoms with Crippen LogP contribution in [0.3, 0.4) is 0 Å². The van der Waals surface area contributed by atoms with Crippen molar-refractivity contribution in [1.29, 1.82) is 0 Å². The molecule has 1 aromatic carbocycles. The van der Waals surface area contributed by atoms with Crippen molar-refractivity contribution in [3.8, 4) is 0 Å². The zero-order valence-corrected chi connectivity index (χ0v) is 9.20. The predicted molar refractivity (Wildman–Crippen MR) is 59.8 cm³/mol. The van der Waals surface area contributed by atoms with Crippen molar-refractivity contribution in [2.75, 3.05) is 5.32 Å². The van der Waals surface area contributed by atoms with Crippen LogP contribution in [0.25, 0.3) is 0 Å². The lowest BCUT2D eigenvalue weighted by atomic mass is 10.2. The first-order valence-electron chi connectivity index (χ1n) is 4.76. The van der Waals surface area contributed by atoms with Crippen molar-refractivity contribution in [1.82, 2.24) is 0 Å². The van der Waals surface area contributed by atoms with E-state index in [4.69, 9.17) is 0 Å². The Morgan fingerprint density at radius 3 is 1.79 bits per heavy atom. The van der Waals surface area contributed by atoms with E-state index in [2.05, 4.69) is 0 Å². The van der Waals surface area contributed by atoms with Gasteiger partial charge in [-0.1, -0.05) is 18.2 Å².